The lowest BCUT2D eigenvalue weighted by Crippen LogP contribution is -2.39. The van der Waals surface area contributed by atoms with Crippen molar-refractivity contribution >= 4 is 21.6 Å². The Hall–Kier alpha value is -1.87. The zero-order valence-corrected chi connectivity index (χ0v) is 15.3. The maximum atomic E-state index is 5.25. The highest BCUT2D eigenvalue weighted by Crippen LogP contribution is 2.31. The van der Waals surface area contributed by atoms with Gasteiger partial charge in [-0.15, -0.1) is 0 Å². The molecule has 0 saturated carbocycles. The number of thiazole rings is 1. The van der Waals surface area contributed by atoms with Gasteiger partial charge in [-0.25, -0.2) is 0 Å². The SMILES string of the molecule is COc1ccc(-c2ccc3c(c2)sc(C(C)C)[n+]3C(C)C)cc1. The Kier molecular flexibility index (Phi) is 4.40. The van der Waals surface area contributed by atoms with Crippen molar-refractivity contribution in [3.05, 3.63) is 47.5 Å². The van der Waals surface area contributed by atoms with Gasteiger partial charge in [0.15, 0.2) is 6.04 Å². The second-order valence-corrected chi connectivity index (χ2v) is 7.53. The monoisotopic (exact) mass is 326 g/mol. The summed E-state index contributed by atoms with van der Waals surface area (Å²) in [5, 5.41) is 1.45. The molecule has 0 aliphatic heterocycles. The first-order chi connectivity index (χ1) is 11.0. The molecule has 23 heavy (non-hydrogen) atoms. The van der Waals surface area contributed by atoms with Crippen molar-refractivity contribution in [2.75, 3.05) is 7.11 Å². The average molecular weight is 326 g/mol. The van der Waals surface area contributed by atoms with Crippen molar-refractivity contribution in [1.82, 2.24) is 0 Å². The van der Waals surface area contributed by atoms with Gasteiger partial charge in [-0.05, 0) is 49.2 Å². The predicted octanol–water partition coefficient (Wildman–Crippen LogP) is 5.57. The summed E-state index contributed by atoms with van der Waals surface area (Å²) >= 11 is 1.92. The van der Waals surface area contributed by atoms with Crippen LogP contribution in [0.4, 0.5) is 0 Å². The number of rotatable bonds is 4. The molecule has 0 spiro atoms. The van der Waals surface area contributed by atoms with Crippen molar-refractivity contribution in [1.29, 1.82) is 0 Å². The summed E-state index contributed by atoms with van der Waals surface area (Å²) < 4.78 is 9.08. The minimum Gasteiger partial charge on any atom is -0.497 e. The molecule has 3 heteroatoms. The lowest BCUT2D eigenvalue weighted by atomic mass is 10.1. The molecule has 2 aromatic carbocycles. The van der Waals surface area contributed by atoms with Crippen molar-refractivity contribution in [2.45, 2.75) is 39.7 Å². The van der Waals surface area contributed by atoms with Crippen molar-refractivity contribution in [3.63, 3.8) is 0 Å². The van der Waals surface area contributed by atoms with E-state index in [9.17, 15) is 0 Å². The molecule has 1 aromatic heterocycles. The second-order valence-electron chi connectivity index (χ2n) is 6.47. The summed E-state index contributed by atoms with van der Waals surface area (Å²) in [6.07, 6.45) is 0. The van der Waals surface area contributed by atoms with E-state index >= 15 is 0 Å². The van der Waals surface area contributed by atoms with Crippen LogP contribution in [-0.4, -0.2) is 7.11 Å². The third-order valence-electron chi connectivity index (χ3n) is 4.10. The molecule has 0 saturated heterocycles. The van der Waals surface area contributed by atoms with E-state index in [1.165, 1.54) is 26.4 Å². The average Bonchev–Trinajstić information content (AvgIpc) is 2.94. The van der Waals surface area contributed by atoms with Gasteiger partial charge in [0.25, 0.3) is 0 Å². The Labute approximate surface area is 142 Å². The van der Waals surface area contributed by atoms with E-state index in [0.717, 1.165) is 5.75 Å². The van der Waals surface area contributed by atoms with Crippen LogP contribution in [0.2, 0.25) is 0 Å². The molecular weight excluding hydrogens is 302 g/mol. The fourth-order valence-electron chi connectivity index (χ4n) is 2.97. The van der Waals surface area contributed by atoms with Crippen molar-refractivity contribution < 1.29 is 9.30 Å². The lowest BCUT2D eigenvalue weighted by molar-refractivity contribution is -0.695. The summed E-state index contributed by atoms with van der Waals surface area (Å²) in [5.41, 5.74) is 3.82. The lowest BCUT2D eigenvalue weighted by Gasteiger charge is -2.05. The first kappa shape index (κ1) is 16.0. The molecule has 0 unspecified atom stereocenters. The fraction of sp³-hybridized carbons (Fsp3) is 0.350. The molecular formula is C20H24NOS+. The predicted molar refractivity (Wildman–Crippen MR) is 98.5 cm³/mol. The molecule has 0 N–H and O–H groups in total. The van der Waals surface area contributed by atoms with Gasteiger partial charge in [0, 0.05) is 12.0 Å². The van der Waals surface area contributed by atoms with E-state index in [4.69, 9.17) is 4.74 Å². The number of hydrogen-bond acceptors (Lipinski definition) is 2. The quantitative estimate of drug-likeness (QED) is 0.571. The van der Waals surface area contributed by atoms with E-state index in [1.807, 2.05) is 23.5 Å². The molecule has 0 amide bonds. The Morgan fingerprint density at radius 1 is 0.913 bits per heavy atom. The molecule has 0 aliphatic rings. The van der Waals surface area contributed by atoms with E-state index in [2.05, 4.69) is 62.6 Å². The molecule has 2 nitrogen and oxygen atoms in total. The van der Waals surface area contributed by atoms with Gasteiger partial charge in [0.05, 0.1) is 7.11 Å². The summed E-state index contributed by atoms with van der Waals surface area (Å²) in [5.74, 6) is 1.44. The second kappa shape index (κ2) is 6.32. The van der Waals surface area contributed by atoms with Crippen LogP contribution < -0.4 is 9.30 Å². The van der Waals surface area contributed by atoms with Crippen LogP contribution in [-0.2, 0) is 0 Å². The number of methoxy groups -OCH3 is 1. The van der Waals surface area contributed by atoms with Gasteiger partial charge < -0.3 is 4.74 Å². The minimum atomic E-state index is 0.480. The number of benzene rings is 2. The minimum absolute atomic E-state index is 0.480. The van der Waals surface area contributed by atoms with E-state index in [0.29, 0.717) is 12.0 Å². The van der Waals surface area contributed by atoms with Gasteiger partial charge in [-0.1, -0.05) is 37.3 Å². The van der Waals surface area contributed by atoms with Gasteiger partial charge in [0.2, 0.25) is 10.5 Å². The summed E-state index contributed by atoms with van der Waals surface area (Å²) in [6, 6.07) is 15.5. The maximum absolute atomic E-state index is 5.25. The summed E-state index contributed by atoms with van der Waals surface area (Å²) in [4.78, 5) is 0. The zero-order chi connectivity index (χ0) is 16.6. The number of nitrogens with zero attached hydrogens (tertiary/aromatic N) is 1. The third-order valence-corrected chi connectivity index (χ3v) is 5.53. The van der Waals surface area contributed by atoms with Crippen molar-refractivity contribution in [3.8, 4) is 16.9 Å². The molecule has 120 valence electrons. The molecule has 0 radical (unpaired) electrons. The van der Waals surface area contributed by atoms with Crippen LogP contribution in [0.25, 0.3) is 21.3 Å². The zero-order valence-electron chi connectivity index (χ0n) is 14.5. The van der Waals surface area contributed by atoms with E-state index in [-0.39, 0.29) is 0 Å². The normalized spacial score (nSPS) is 11.6. The molecule has 0 fully saturated rings. The number of fused-ring (bicyclic) bond motifs is 1. The highest BCUT2D eigenvalue weighted by molar-refractivity contribution is 7.18. The number of ether oxygens (including phenoxy) is 1. The first-order valence-electron chi connectivity index (χ1n) is 8.13. The van der Waals surface area contributed by atoms with Gasteiger partial charge >= 0.3 is 0 Å². The smallest absolute Gasteiger partial charge is 0.241 e. The van der Waals surface area contributed by atoms with E-state index < -0.39 is 0 Å². The summed E-state index contributed by atoms with van der Waals surface area (Å²) in [6.45, 7) is 9.06. The van der Waals surface area contributed by atoms with E-state index in [1.54, 1.807) is 7.11 Å². The molecule has 0 aliphatic carbocycles. The van der Waals surface area contributed by atoms with Crippen LogP contribution in [0, 0.1) is 0 Å². The first-order valence-corrected chi connectivity index (χ1v) is 8.95. The fourth-order valence-corrected chi connectivity index (χ4v) is 4.29. The maximum Gasteiger partial charge on any atom is 0.241 e. The van der Waals surface area contributed by atoms with Crippen LogP contribution in [0.15, 0.2) is 42.5 Å². The summed E-state index contributed by atoms with van der Waals surface area (Å²) in [7, 11) is 1.70. The van der Waals surface area contributed by atoms with Crippen LogP contribution in [0.3, 0.4) is 0 Å². The third kappa shape index (κ3) is 2.98. The molecule has 3 aromatic rings. The Morgan fingerprint density at radius 3 is 2.13 bits per heavy atom. The highest BCUT2D eigenvalue weighted by atomic mass is 32.1. The molecule has 0 bridgehead atoms. The van der Waals surface area contributed by atoms with Crippen molar-refractivity contribution in [2.24, 2.45) is 0 Å². The number of hydrogen-bond donors (Lipinski definition) is 0. The van der Waals surface area contributed by atoms with Crippen LogP contribution >= 0.6 is 11.3 Å². The highest BCUT2D eigenvalue weighted by Gasteiger charge is 2.25. The van der Waals surface area contributed by atoms with Crippen LogP contribution in [0.5, 0.6) is 5.75 Å². The number of aromatic nitrogens is 1. The standard InChI is InChI=1S/C20H24NOS/c1-13(2)20-21(14(3)4)18-11-8-16(12-19(18)23-20)15-6-9-17(22-5)10-7-15/h6-14H,1-5H3/q+1. The Morgan fingerprint density at radius 2 is 1.57 bits per heavy atom. The Bertz CT molecular complexity index is 816. The topological polar surface area (TPSA) is 13.1 Å². The molecule has 1 heterocycles. The Balaban J connectivity index is 2.11. The molecule has 3 rings (SSSR count). The van der Waals surface area contributed by atoms with Gasteiger partial charge in [-0.3, -0.25) is 0 Å². The molecule has 0 atom stereocenters. The largest absolute Gasteiger partial charge is 0.497 e. The van der Waals surface area contributed by atoms with Gasteiger partial charge in [-0.2, -0.15) is 4.57 Å². The van der Waals surface area contributed by atoms with Crippen LogP contribution in [0.1, 0.15) is 44.7 Å². The van der Waals surface area contributed by atoms with Gasteiger partial charge in [0.1, 0.15) is 10.4 Å².